The number of benzene rings is 2. The molecular formula is C19H20F3N3O4S. The van der Waals surface area contributed by atoms with Gasteiger partial charge < -0.3 is 16.2 Å². The van der Waals surface area contributed by atoms with Crippen LogP contribution in [0.3, 0.4) is 0 Å². The summed E-state index contributed by atoms with van der Waals surface area (Å²) >= 11 is 0. The van der Waals surface area contributed by atoms with Gasteiger partial charge in [-0.15, -0.1) is 0 Å². The zero-order chi connectivity index (χ0) is 22.1. The van der Waals surface area contributed by atoms with Crippen LogP contribution < -0.4 is 15.8 Å². The van der Waals surface area contributed by atoms with E-state index in [0.29, 0.717) is 37.8 Å². The van der Waals surface area contributed by atoms with Gasteiger partial charge in [-0.2, -0.15) is 0 Å². The van der Waals surface area contributed by atoms with Crippen molar-refractivity contribution in [2.45, 2.75) is 42.7 Å². The largest absolute Gasteiger partial charge is 0.398 e. The number of rotatable bonds is 5. The van der Waals surface area contributed by atoms with Crippen LogP contribution in [0.2, 0.25) is 0 Å². The van der Waals surface area contributed by atoms with Crippen LogP contribution in [-0.2, 0) is 10.0 Å². The molecule has 0 bridgehead atoms. The van der Waals surface area contributed by atoms with Gasteiger partial charge in [-0.25, -0.2) is 26.3 Å². The van der Waals surface area contributed by atoms with Gasteiger partial charge in [0.05, 0.1) is 16.6 Å². The molecule has 0 aromatic heterocycles. The highest BCUT2D eigenvalue weighted by molar-refractivity contribution is 7.89. The van der Waals surface area contributed by atoms with Crippen LogP contribution in [0.25, 0.3) is 0 Å². The minimum Gasteiger partial charge on any atom is -0.398 e. The number of nitrogen functional groups attached to an aromatic ring is 1. The van der Waals surface area contributed by atoms with E-state index in [1.807, 2.05) is 0 Å². The van der Waals surface area contributed by atoms with Gasteiger partial charge in [-0.05, 0) is 43.9 Å². The Hall–Kier alpha value is -2.63. The molecule has 0 unspecified atom stereocenters. The lowest BCUT2D eigenvalue weighted by Gasteiger charge is -2.26. The molecule has 1 amide bonds. The number of carbonyl (C=O) groups is 1. The van der Waals surface area contributed by atoms with Gasteiger partial charge in [0.1, 0.15) is 0 Å². The molecule has 1 fully saturated rings. The van der Waals surface area contributed by atoms with E-state index in [2.05, 4.69) is 10.0 Å². The van der Waals surface area contributed by atoms with E-state index in [-0.39, 0.29) is 27.9 Å². The van der Waals surface area contributed by atoms with Gasteiger partial charge in [-0.1, -0.05) is 0 Å². The van der Waals surface area contributed by atoms with Gasteiger partial charge in [0.15, 0.2) is 17.5 Å². The summed E-state index contributed by atoms with van der Waals surface area (Å²) in [7, 11) is -3.98. The molecule has 5 N–H and O–H groups in total. The molecule has 30 heavy (non-hydrogen) atoms. The Morgan fingerprint density at radius 1 is 1.03 bits per heavy atom. The Kier molecular flexibility index (Phi) is 6.34. The number of carbonyl (C=O) groups excluding carboxylic acids is 1. The lowest BCUT2D eigenvalue weighted by atomic mass is 9.94. The minimum atomic E-state index is -3.98. The summed E-state index contributed by atoms with van der Waals surface area (Å²) in [4.78, 5) is 12.3. The Balaban J connectivity index is 1.81. The van der Waals surface area contributed by atoms with Gasteiger partial charge in [0.25, 0.3) is 5.91 Å². The third-order valence-corrected chi connectivity index (χ3v) is 6.36. The first-order valence-electron chi connectivity index (χ1n) is 9.12. The van der Waals surface area contributed by atoms with Crippen molar-refractivity contribution in [3.05, 3.63) is 53.3 Å². The van der Waals surface area contributed by atoms with Crippen molar-refractivity contribution in [2.24, 2.45) is 0 Å². The number of hydrogen-bond donors (Lipinski definition) is 4. The molecule has 1 saturated carbocycles. The van der Waals surface area contributed by atoms with Crippen LogP contribution in [0.4, 0.5) is 24.5 Å². The zero-order valence-corrected chi connectivity index (χ0v) is 16.5. The molecule has 11 heteroatoms. The Morgan fingerprint density at radius 2 is 1.63 bits per heavy atom. The van der Waals surface area contributed by atoms with Crippen molar-refractivity contribution in [2.75, 3.05) is 11.1 Å². The van der Waals surface area contributed by atoms with Crippen LogP contribution in [0.1, 0.15) is 36.0 Å². The standard InChI is InChI=1S/C19H20F3N3O4S/c20-15-7-11(8-16(21)18(15)22)24-19(27)14-9-13(5-6-17(14)23)30(28,29)25-10-1-3-12(26)4-2-10/h5-10,12,25-26H,1-4,23H2,(H,24,27). The first kappa shape index (κ1) is 22.1. The Bertz CT molecular complexity index is 1050. The third-order valence-electron chi connectivity index (χ3n) is 4.84. The number of aliphatic hydroxyl groups is 1. The predicted molar refractivity (Wildman–Crippen MR) is 104 cm³/mol. The van der Waals surface area contributed by atoms with Crippen LogP contribution in [0, 0.1) is 17.5 Å². The second-order valence-electron chi connectivity index (χ2n) is 7.08. The van der Waals surface area contributed by atoms with Crippen LogP contribution in [0.15, 0.2) is 35.2 Å². The van der Waals surface area contributed by atoms with Crippen LogP contribution in [0.5, 0.6) is 0 Å². The van der Waals surface area contributed by atoms with Gasteiger partial charge in [-0.3, -0.25) is 4.79 Å². The summed E-state index contributed by atoms with van der Waals surface area (Å²) in [6.45, 7) is 0. The highest BCUT2D eigenvalue weighted by Gasteiger charge is 2.26. The zero-order valence-electron chi connectivity index (χ0n) is 15.7. The maximum absolute atomic E-state index is 13.3. The number of nitrogens with two attached hydrogens (primary N) is 1. The second-order valence-corrected chi connectivity index (χ2v) is 8.80. The molecule has 3 rings (SSSR count). The summed E-state index contributed by atoms with van der Waals surface area (Å²) in [6, 6.07) is 4.32. The van der Waals surface area contributed by atoms with Crippen molar-refractivity contribution in [1.29, 1.82) is 0 Å². The molecule has 7 nitrogen and oxygen atoms in total. The number of aliphatic hydroxyl groups excluding tert-OH is 1. The van der Waals surface area contributed by atoms with E-state index < -0.39 is 39.5 Å². The maximum atomic E-state index is 13.3. The van der Waals surface area contributed by atoms with E-state index in [0.717, 1.165) is 6.07 Å². The topological polar surface area (TPSA) is 122 Å². The van der Waals surface area contributed by atoms with E-state index in [1.54, 1.807) is 0 Å². The molecule has 0 saturated heterocycles. The number of nitrogens with one attached hydrogen (secondary N) is 2. The molecule has 0 aliphatic heterocycles. The highest BCUT2D eigenvalue weighted by Crippen LogP contribution is 2.24. The van der Waals surface area contributed by atoms with Crippen molar-refractivity contribution in [1.82, 2.24) is 4.72 Å². The van der Waals surface area contributed by atoms with Gasteiger partial charge in [0.2, 0.25) is 10.0 Å². The number of anilines is 2. The van der Waals surface area contributed by atoms with Gasteiger partial charge >= 0.3 is 0 Å². The summed E-state index contributed by atoms with van der Waals surface area (Å²) < 4.78 is 67.6. The predicted octanol–water partition coefficient (Wildman–Crippen LogP) is 2.52. The Morgan fingerprint density at radius 3 is 2.23 bits per heavy atom. The molecule has 162 valence electrons. The van der Waals surface area contributed by atoms with E-state index in [1.165, 1.54) is 12.1 Å². The van der Waals surface area contributed by atoms with Crippen LogP contribution >= 0.6 is 0 Å². The molecule has 0 radical (unpaired) electrons. The average Bonchev–Trinajstić information content (AvgIpc) is 2.67. The molecule has 1 aliphatic rings. The lowest BCUT2D eigenvalue weighted by Crippen LogP contribution is -2.38. The van der Waals surface area contributed by atoms with Crippen LogP contribution in [-0.4, -0.2) is 31.6 Å². The fourth-order valence-electron chi connectivity index (χ4n) is 3.21. The second kappa shape index (κ2) is 8.62. The fraction of sp³-hybridized carbons (Fsp3) is 0.316. The summed E-state index contributed by atoms with van der Waals surface area (Å²) in [5.41, 5.74) is 5.11. The van der Waals surface area contributed by atoms with Crippen molar-refractivity contribution in [3.8, 4) is 0 Å². The molecule has 1 aliphatic carbocycles. The van der Waals surface area contributed by atoms with Crippen molar-refractivity contribution < 1.29 is 31.5 Å². The number of halogens is 3. The van der Waals surface area contributed by atoms with E-state index in [9.17, 15) is 31.5 Å². The number of amides is 1. The molecule has 0 atom stereocenters. The quantitative estimate of drug-likeness (QED) is 0.418. The molecule has 2 aromatic rings. The smallest absolute Gasteiger partial charge is 0.257 e. The highest BCUT2D eigenvalue weighted by atomic mass is 32.2. The Labute approximate surface area is 171 Å². The van der Waals surface area contributed by atoms with Crippen molar-refractivity contribution in [3.63, 3.8) is 0 Å². The third kappa shape index (κ3) is 4.91. The van der Waals surface area contributed by atoms with Crippen molar-refractivity contribution >= 4 is 27.3 Å². The number of hydrogen-bond acceptors (Lipinski definition) is 5. The summed E-state index contributed by atoms with van der Waals surface area (Å²) in [5.74, 6) is -5.58. The maximum Gasteiger partial charge on any atom is 0.257 e. The molecule has 0 heterocycles. The monoisotopic (exact) mass is 443 g/mol. The molecule has 0 spiro atoms. The van der Waals surface area contributed by atoms with E-state index >= 15 is 0 Å². The minimum absolute atomic E-state index is 0.0599. The summed E-state index contributed by atoms with van der Waals surface area (Å²) in [5, 5.41) is 11.7. The SMILES string of the molecule is Nc1ccc(S(=O)(=O)NC2CCC(O)CC2)cc1C(=O)Nc1cc(F)c(F)c(F)c1. The first-order chi connectivity index (χ1) is 14.1. The van der Waals surface area contributed by atoms with Gasteiger partial charge in [0, 0.05) is 29.5 Å². The van der Waals surface area contributed by atoms with E-state index in [4.69, 9.17) is 5.73 Å². The number of sulfonamides is 1. The summed E-state index contributed by atoms with van der Waals surface area (Å²) in [6.07, 6.45) is 1.47. The molecule has 2 aromatic carbocycles. The lowest BCUT2D eigenvalue weighted by molar-refractivity contribution is 0.102. The fourth-order valence-corrected chi connectivity index (χ4v) is 4.54. The average molecular weight is 443 g/mol. The molecular weight excluding hydrogens is 423 g/mol. The normalized spacial score (nSPS) is 19.5. The first-order valence-corrected chi connectivity index (χ1v) is 10.6.